The molecule has 0 fully saturated rings. The Balaban J connectivity index is 1.48. The molecular weight excluding hydrogens is 600 g/mol. The van der Waals surface area contributed by atoms with Gasteiger partial charge in [0.1, 0.15) is 0 Å². The van der Waals surface area contributed by atoms with Crippen LogP contribution >= 0.6 is 31.9 Å². The molecule has 0 aromatic heterocycles. The number of halogens is 2. The molecule has 4 rings (SSSR count). The van der Waals surface area contributed by atoms with Crippen molar-refractivity contribution in [2.24, 2.45) is 0 Å². The van der Waals surface area contributed by atoms with E-state index < -0.39 is 0 Å². The van der Waals surface area contributed by atoms with Crippen molar-refractivity contribution in [3.8, 4) is 0 Å². The summed E-state index contributed by atoms with van der Waals surface area (Å²) in [5.74, 6) is -0.555. The fourth-order valence-electron chi connectivity index (χ4n) is 5.07. The highest BCUT2D eigenvalue weighted by molar-refractivity contribution is 9.11. The maximum absolute atomic E-state index is 12.7. The SMILES string of the molecule is CCCCCCOC(=O)c1cc(Br)c2c(c1)CN1CN2Cc2cc(C(=O)OCCCCCC)cc(Br)c21. The van der Waals surface area contributed by atoms with Crippen LogP contribution in [-0.2, 0) is 22.6 Å². The van der Waals surface area contributed by atoms with Crippen LogP contribution in [0.25, 0.3) is 0 Å². The van der Waals surface area contributed by atoms with Crippen molar-refractivity contribution in [2.45, 2.75) is 78.3 Å². The van der Waals surface area contributed by atoms with Crippen molar-refractivity contribution < 1.29 is 19.1 Å². The molecule has 2 aromatic carbocycles. The fourth-order valence-corrected chi connectivity index (χ4v) is 6.57. The minimum atomic E-state index is -0.278. The monoisotopic (exact) mass is 634 g/mol. The number of carbonyl (C=O) groups excluding carboxylic acids is 2. The van der Waals surface area contributed by atoms with Gasteiger partial charge in [-0.25, -0.2) is 9.59 Å². The van der Waals surface area contributed by atoms with Crippen molar-refractivity contribution in [2.75, 3.05) is 29.7 Å². The zero-order valence-electron chi connectivity index (χ0n) is 21.8. The zero-order valence-corrected chi connectivity index (χ0v) is 25.0. The minimum absolute atomic E-state index is 0.278. The second kappa shape index (κ2) is 13.1. The molecule has 2 heterocycles. The highest BCUT2D eigenvalue weighted by Gasteiger charge is 2.33. The van der Waals surface area contributed by atoms with Crippen molar-refractivity contribution >= 4 is 55.2 Å². The molecule has 0 aliphatic carbocycles. The number of hydrogen-bond donors (Lipinski definition) is 0. The van der Waals surface area contributed by atoms with Gasteiger partial charge >= 0.3 is 11.9 Å². The molecule has 2 bridgehead atoms. The summed E-state index contributed by atoms with van der Waals surface area (Å²) in [5.41, 5.74) is 5.46. The van der Waals surface area contributed by atoms with Gasteiger partial charge in [0.25, 0.3) is 0 Å². The third kappa shape index (κ3) is 6.69. The minimum Gasteiger partial charge on any atom is -0.462 e. The van der Waals surface area contributed by atoms with Crippen LogP contribution in [-0.4, -0.2) is 31.8 Å². The zero-order chi connectivity index (χ0) is 26.4. The normalized spacial score (nSPS) is 13.7. The summed E-state index contributed by atoms with van der Waals surface area (Å²) in [6, 6.07) is 7.63. The number of nitrogens with zero attached hydrogens (tertiary/aromatic N) is 2. The van der Waals surface area contributed by atoms with E-state index >= 15 is 0 Å². The first-order valence-electron chi connectivity index (χ1n) is 13.4. The molecule has 37 heavy (non-hydrogen) atoms. The maximum Gasteiger partial charge on any atom is 0.338 e. The van der Waals surface area contributed by atoms with Crippen LogP contribution in [0.3, 0.4) is 0 Å². The molecule has 2 aromatic rings. The van der Waals surface area contributed by atoms with Gasteiger partial charge in [0.05, 0.1) is 42.4 Å². The first-order valence-corrected chi connectivity index (χ1v) is 15.0. The topological polar surface area (TPSA) is 59.1 Å². The van der Waals surface area contributed by atoms with Gasteiger partial charge in [-0.15, -0.1) is 0 Å². The number of rotatable bonds is 12. The van der Waals surface area contributed by atoms with E-state index in [1.54, 1.807) is 0 Å². The first-order chi connectivity index (χ1) is 17.9. The lowest BCUT2D eigenvalue weighted by molar-refractivity contribution is 0.0488. The summed E-state index contributed by atoms with van der Waals surface area (Å²) in [6.45, 7) is 7.30. The number of ether oxygens (including phenoxy) is 2. The lowest BCUT2D eigenvalue weighted by atomic mass is 9.98. The highest BCUT2D eigenvalue weighted by Crippen LogP contribution is 2.45. The molecule has 0 amide bonds. The van der Waals surface area contributed by atoms with E-state index in [2.05, 4.69) is 55.5 Å². The first kappa shape index (κ1) is 28.0. The van der Waals surface area contributed by atoms with Gasteiger partial charge in [-0.1, -0.05) is 52.4 Å². The van der Waals surface area contributed by atoms with Gasteiger partial charge in [-0.3, -0.25) is 0 Å². The molecule has 8 heteroatoms. The van der Waals surface area contributed by atoms with Gasteiger partial charge in [-0.2, -0.15) is 0 Å². The fraction of sp³-hybridized carbons (Fsp3) is 0.517. The number of fused-ring (bicyclic) bond motifs is 6. The Morgan fingerprint density at radius 2 is 1.14 bits per heavy atom. The second-order valence-electron chi connectivity index (χ2n) is 9.86. The van der Waals surface area contributed by atoms with Gasteiger partial charge in [0, 0.05) is 22.0 Å². The number of anilines is 2. The molecule has 6 nitrogen and oxygen atoms in total. The van der Waals surface area contributed by atoms with E-state index in [-0.39, 0.29) is 11.9 Å². The lowest BCUT2D eigenvalue weighted by Gasteiger charge is -2.45. The number of benzene rings is 2. The number of carbonyl (C=O) groups is 2. The van der Waals surface area contributed by atoms with Crippen molar-refractivity contribution in [3.63, 3.8) is 0 Å². The molecule has 2 aliphatic rings. The average Bonchev–Trinajstić information content (AvgIpc) is 2.87. The van der Waals surface area contributed by atoms with E-state index in [4.69, 9.17) is 9.47 Å². The van der Waals surface area contributed by atoms with Crippen LogP contribution in [0.1, 0.15) is 97.1 Å². The molecule has 0 atom stereocenters. The molecular formula is C29H36Br2N2O4. The average molecular weight is 636 g/mol. The van der Waals surface area contributed by atoms with E-state index in [0.29, 0.717) is 37.4 Å². The van der Waals surface area contributed by atoms with Crippen molar-refractivity contribution in [1.82, 2.24) is 0 Å². The molecule has 0 N–H and O–H groups in total. The van der Waals surface area contributed by atoms with E-state index in [9.17, 15) is 9.59 Å². The van der Waals surface area contributed by atoms with Crippen LogP contribution in [0.4, 0.5) is 11.4 Å². The third-order valence-electron chi connectivity index (χ3n) is 6.91. The molecule has 0 radical (unpaired) electrons. The third-order valence-corrected chi connectivity index (χ3v) is 8.12. The Bertz CT molecular complexity index is 1050. The van der Waals surface area contributed by atoms with E-state index in [1.165, 1.54) is 0 Å². The van der Waals surface area contributed by atoms with Gasteiger partial charge in [0.2, 0.25) is 0 Å². The summed E-state index contributed by atoms with van der Waals surface area (Å²) in [6.07, 6.45) is 8.57. The molecule has 200 valence electrons. The van der Waals surface area contributed by atoms with Crippen LogP contribution < -0.4 is 9.80 Å². The van der Waals surface area contributed by atoms with Crippen molar-refractivity contribution in [3.05, 3.63) is 55.5 Å². The van der Waals surface area contributed by atoms with Crippen molar-refractivity contribution in [1.29, 1.82) is 0 Å². The summed E-state index contributed by atoms with van der Waals surface area (Å²) in [7, 11) is 0. The largest absolute Gasteiger partial charge is 0.462 e. The van der Waals surface area contributed by atoms with Gasteiger partial charge < -0.3 is 19.3 Å². The van der Waals surface area contributed by atoms with Crippen LogP contribution in [0, 0.1) is 0 Å². The molecule has 0 saturated heterocycles. The number of esters is 2. The van der Waals surface area contributed by atoms with Crippen LogP contribution in [0.15, 0.2) is 33.2 Å². The number of unbranched alkanes of at least 4 members (excludes halogenated alkanes) is 6. The summed E-state index contributed by atoms with van der Waals surface area (Å²) in [4.78, 5) is 30.0. The Morgan fingerprint density at radius 1 is 0.703 bits per heavy atom. The maximum atomic E-state index is 12.7. The lowest BCUT2D eigenvalue weighted by Crippen LogP contribution is -2.46. The quantitative estimate of drug-likeness (QED) is 0.174. The second-order valence-corrected chi connectivity index (χ2v) is 11.6. The van der Waals surface area contributed by atoms with Crippen LogP contribution in [0.5, 0.6) is 0 Å². The summed E-state index contributed by atoms with van der Waals surface area (Å²) in [5, 5.41) is 0. The Morgan fingerprint density at radius 3 is 1.54 bits per heavy atom. The summed E-state index contributed by atoms with van der Waals surface area (Å²) >= 11 is 7.43. The van der Waals surface area contributed by atoms with E-state index in [0.717, 1.165) is 89.5 Å². The molecule has 0 spiro atoms. The Labute approximate surface area is 236 Å². The standard InChI is InChI=1S/C29H36Br2N2O4/c1-3-5-7-9-11-36-28(34)20-13-22-17-32-19-33(26(22)24(30)15-20)18-23-14-21(16-25(31)27(23)32)29(35)37-12-10-8-6-4-2/h13-16H,3-12,17-19H2,1-2H3. The van der Waals surface area contributed by atoms with E-state index in [1.807, 2.05) is 24.3 Å². The molecule has 0 saturated carbocycles. The summed E-state index contributed by atoms with van der Waals surface area (Å²) < 4.78 is 12.8. The molecule has 0 unspecified atom stereocenters. The van der Waals surface area contributed by atoms with Gasteiger partial charge in [-0.05, 0) is 80.1 Å². The predicted octanol–water partition coefficient (Wildman–Crippen LogP) is 7.98. The Kier molecular flexibility index (Phi) is 9.93. The molecule has 2 aliphatic heterocycles. The number of hydrogen-bond acceptors (Lipinski definition) is 6. The van der Waals surface area contributed by atoms with Gasteiger partial charge in [0.15, 0.2) is 0 Å². The Hall–Kier alpha value is -2.06. The van der Waals surface area contributed by atoms with Crippen LogP contribution in [0.2, 0.25) is 0 Å². The predicted molar refractivity (Wildman–Crippen MR) is 154 cm³/mol. The smallest absolute Gasteiger partial charge is 0.338 e. The highest BCUT2D eigenvalue weighted by atomic mass is 79.9.